The summed E-state index contributed by atoms with van der Waals surface area (Å²) < 4.78 is 35.0. The molecule has 2 heterocycles. The molecule has 11 heteroatoms. The van der Waals surface area contributed by atoms with E-state index in [-0.39, 0.29) is 22.1 Å². The average molecular weight is 440 g/mol. The van der Waals surface area contributed by atoms with Crippen LogP contribution in [0.5, 0.6) is 5.75 Å². The van der Waals surface area contributed by atoms with Crippen LogP contribution in [0.2, 0.25) is 0 Å². The van der Waals surface area contributed by atoms with Gasteiger partial charge in [-0.2, -0.15) is 9.40 Å². The topological polar surface area (TPSA) is 109 Å². The van der Waals surface area contributed by atoms with Gasteiger partial charge in [-0.05, 0) is 50.2 Å². The molecule has 1 aliphatic rings. The lowest BCUT2D eigenvalue weighted by Gasteiger charge is -2.18. The smallest absolute Gasteiger partial charge is 0.251 e. The van der Waals surface area contributed by atoms with Gasteiger partial charge >= 0.3 is 0 Å². The first-order chi connectivity index (χ1) is 13.9. The molecule has 0 atom stereocenters. The van der Waals surface area contributed by atoms with E-state index in [0.717, 1.165) is 18.7 Å². The Balaban J connectivity index is 1.74. The maximum atomic E-state index is 13.0. The molecule has 2 aromatic rings. The van der Waals surface area contributed by atoms with Crippen molar-refractivity contribution in [3.05, 3.63) is 34.4 Å². The van der Waals surface area contributed by atoms with Gasteiger partial charge in [-0.15, -0.1) is 0 Å². The monoisotopic (exact) mass is 439 g/mol. The number of nitrogens with zero attached hydrogens (tertiary/aromatic N) is 3. The minimum Gasteiger partial charge on any atom is -0.495 e. The second-order valence-electron chi connectivity index (χ2n) is 6.67. The molecule has 0 saturated carbocycles. The van der Waals surface area contributed by atoms with Gasteiger partial charge in [0.05, 0.1) is 7.11 Å². The molecule has 0 bridgehead atoms. The number of carbonyl (C=O) groups is 1. The standard InChI is InChI=1S/C18H25N5O4S2/c1-3-23-16(20-21-18(23)28)8-9-19-17(24)13-6-7-14(27-2)15(12-13)29(25,26)22-10-4-5-11-22/h6-7,12H,3-5,8-11H2,1-2H3,(H,19,24)(H,21,28). The van der Waals surface area contributed by atoms with Gasteiger partial charge in [0.1, 0.15) is 16.5 Å². The fourth-order valence-electron chi connectivity index (χ4n) is 3.34. The molecule has 1 saturated heterocycles. The van der Waals surface area contributed by atoms with Gasteiger partial charge in [-0.1, -0.05) is 0 Å². The van der Waals surface area contributed by atoms with Crippen molar-refractivity contribution in [2.75, 3.05) is 26.7 Å². The zero-order chi connectivity index (χ0) is 21.0. The number of aromatic nitrogens is 3. The summed E-state index contributed by atoms with van der Waals surface area (Å²) in [5.74, 6) is 0.625. The molecule has 1 aromatic carbocycles. The molecule has 0 unspecified atom stereocenters. The van der Waals surface area contributed by atoms with Gasteiger partial charge in [0, 0.05) is 38.2 Å². The molecule has 158 valence electrons. The number of sulfonamides is 1. The van der Waals surface area contributed by atoms with Gasteiger partial charge in [-0.3, -0.25) is 9.89 Å². The maximum Gasteiger partial charge on any atom is 0.251 e. The highest BCUT2D eigenvalue weighted by molar-refractivity contribution is 7.89. The number of rotatable bonds is 8. The van der Waals surface area contributed by atoms with Crippen molar-refractivity contribution in [2.24, 2.45) is 0 Å². The molecule has 0 aliphatic carbocycles. The van der Waals surface area contributed by atoms with Crippen molar-refractivity contribution in [2.45, 2.75) is 37.6 Å². The lowest BCUT2D eigenvalue weighted by molar-refractivity contribution is 0.0953. The molecule has 1 aliphatic heterocycles. The second-order valence-corrected chi connectivity index (χ2v) is 8.97. The number of benzene rings is 1. The van der Waals surface area contributed by atoms with Crippen LogP contribution in [-0.2, 0) is 23.0 Å². The molecular formula is C18H25N5O4S2. The summed E-state index contributed by atoms with van der Waals surface area (Å²) in [6, 6.07) is 4.45. The first-order valence-electron chi connectivity index (χ1n) is 9.49. The van der Waals surface area contributed by atoms with E-state index in [1.165, 1.54) is 23.5 Å². The summed E-state index contributed by atoms with van der Waals surface area (Å²) in [6.45, 7) is 3.96. The average Bonchev–Trinajstić information content (AvgIpc) is 3.38. The summed E-state index contributed by atoms with van der Waals surface area (Å²) in [5, 5.41) is 9.71. The number of carbonyl (C=O) groups excluding carboxylic acids is 1. The summed E-state index contributed by atoms with van der Waals surface area (Å²) in [6.07, 6.45) is 2.17. The molecule has 1 aromatic heterocycles. The number of ether oxygens (including phenoxy) is 1. The number of hydrogen-bond donors (Lipinski definition) is 2. The van der Waals surface area contributed by atoms with Gasteiger partial charge in [-0.25, -0.2) is 8.42 Å². The summed E-state index contributed by atoms with van der Waals surface area (Å²) in [5.41, 5.74) is 0.262. The van der Waals surface area contributed by atoms with Crippen LogP contribution in [0.1, 0.15) is 35.9 Å². The van der Waals surface area contributed by atoms with Crippen LogP contribution < -0.4 is 10.1 Å². The third-order valence-corrected chi connectivity index (χ3v) is 7.13. The van der Waals surface area contributed by atoms with E-state index in [9.17, 15) is 13.2 Å². The molecule has 1 fully saturated rings. The Kier molecular flexibility index (Phi) is 6.70. The molecule has 0 spiro atoms. The summed E-state index contributed by atoms with van der Waals surface area (Å²) in [7, 11) is -2.29. The van der Waals surface area contributed by atoms with E-state index in [1.807, 2.05) is 11.5 Å². The van der Waals surface area contributed by atoms with E-state index in [0.29, 0.717) is 37.4 Å². The van der Waals surface area contributed by atoms with Crippen molar-refractivity contribution >= 4 is 28.1 Å². The number of aromatic amines is 1. The normalized spacial score (nSPS) is 14.8. The minimum absolute atomic E-state index is 0.0152. The van der Waals surface area contributed by atoms with Crippen LogP contribution >= 0.6 is 12.2 Å². The Labute approximate surface area is 175 Å². The quantitative estimate of drug-likeness (QED) is 0.606. The Bertz CT molecular complexity index is 1040. The molecule has 0 radical (unpaired) electrons. The molecule has 1 amide bonds. The number of nitrogens with one attached hydrogen (secondary N) is 2. The fourth-order valence-corrected chi connectivity index (χ4v) is 5.32. The maximum absolute atomic E-state index is 13.0. The predicted molar refractivity (Wildman–Crippen MR) is 110 cm³/mol. The highest BCUT2D eigenvalue weighted by Crippen LogP contribution is 2.29. The third kappa shape index (κ3) is 4.51. The number of H-pyrrole nitrogens is 1. The van der Waals surface area contributed by atoms with Gasteiger partial charge < -0.3 is 14.6 Å². The second kappa shape index (κ2) is 9.06. The summed E-state index contributed by atoms with van der Waals surface area (Å²) in [4.78, 5) is 12.6. The van der Waals surface area contributed by atoms with Crippen LogP contribution in [0.4, 0.5) is 0 Å². The van der Waals surface area contributed by atoms with Crippen LogP contribution in [-0.4, -0.2) is 60.1 Å². The Hall–Kier alpha value is -2.24. The van der Waals surface area contributed by atoms with Gasteiger partial charge in [0.25, 0.3) is 5.91 Å². The van der Waals surface area contributed by atoms with Gasteiger partial charge in [0.2, 0.25) is 10.0 Å². The SMILES string of the molecule is CCn1c(CCNC(=O)c2ccc(OC)c(S(=O)(=O)N3CCCC3)c2)n[nH]c1=S. The largest absolute Gasteiger partial charge is 0.495 e. The number of hydrogen-bond acceptors (Lipinski definition) is 6. The van der Waals surface area contributed by atoms with Crippen LogP contribution in [0.15, 0.2) is 23.1 Å². The van der Waals surface area contributed by atoms with Crippen molar-refractivity contribution in [3.63, 3.8) is 0 Å². The lowest BCUT2D eigenvalue weighted by atomic mass is 10.2. The van der Waals surface area contributed by atoms with E-state index in [2.05, 4.69) is 15.5 Å². The number of methoxy groups -OCH3 is 1. The van der Waals surface area contributed by atoms with Crippen molar-refractivity contribution < 1.29 is 17.9 Å². The van der Waals surface area contributed by atoms with Crippen LogP contribution in [0.25, 0.3) is 0 Å². The lowest BCUT2D eigenvalue weighted by Crippen LogP contribution is -2.29. The highest BCUT2D eigenvalue weighted by atomic mass is 32.2. The molecule has 9 nitrogen and oxygen atoms in total. The molecule has 3 rings (SSSR count). The van der Waals surface area contributed by atoms with Crippen molar-refractivity contribution in [1.82, 2.24) is 24.4 Å². The van der Waals surface area contributed by atoms with E-state index >= 15 is 0 Å². The Morgan fingerprint density at radius 1 is 1.34 bits per heavy atom. The predicted octanol–water partition coefficient (Wildman–Crippen LogP) is 1.73. The fraction of sp³-hybridized carbons (Fsp3) is 0.500. The molecular weight excluding hydrogens is 414 g/mol. The third-order valence-electron chi connectivity index (χ3n) is 4.90. The zero-order valence-corrected chi connectivity index (χ0v) is 18.1. The summed E-state index contributed by atoms with van der Waals surface area (Å²) >= 11 is 5.15. The van der Waals surface area contributed by atoms with Crippen LogP contribution in [0.3, 0.4) is 0 Å². The first-order valence-corrected chi connectivity index (χ1v) is 11.3. The number of amides is 1. The first kappa shape index (κ1) is 21.5. The van der Waals surface area contributed by atoms with Crippen molar-refractivity contribution in [3.8, 4) is 5.75 Å². The van der Waals surface area contributed by atoms with E-state index in [4.69, 9.17) is 17.0 Å². The van der Waals surface area contributed by atoms with Gasteiger partial charge in [0.15, 0.2) is 4.77 Å². The van der Waals surface area contributed by atoms with Crippen molar-refractivity contribution in [1.29, 1.82) is 0 Å². The van der Waals surface area contributed by atoms with Crippen LogP contribution in [0, 0.1) is 4.77 Å². The zero-order valence-electron chi connectivity index (χ0n) is 16.5. The minimum atomic E-state index is -3.71. The van der Waals surface area contributed by atoms with E-state index < -0.39 is 10.0 Å². The Morgan fingerprint density at radius 2 is 2.07 bits per heavy atom. The van der Waals surface area contributed by atoms with E-state index in [1.54, 1.807) is 6.07 Å². The molecule has 29 heavy (non-hydrogen) atoms. The molecule has 2 N–H and O–H groups in total. The highest BCUT2D eigenvalue weighted by Gasteiger charge is 2.30. The Morgan fingerprint density at radius 3 is 2.72 bits per heavy atom.